The number of hydrogen-bond donors (Lipinski definition) is 3. The van der Waals surface area contributed by atoms with Crippen LogP contribution >= 0.6 is 0 Å². The van der Waals surface area contributed by atoms with Crippen LogP contribution in [0.25, 0.3) is 0 Å². The predicted octanol–water partition coefficient (Wildman–Crippen LogP) is 3.09. The van der Waals surface area contributed by atoms with E-state index in [2.05, 4.69) is 16.0 Å². The van der Waals surface area contributed by atoms with E-state index in [1.807, 2.05) is 63.2 Å². The number of aryl methyl sites for hydroxylation is 1. The van der Waals surface area contributed by atoms with E-state index in [-0.39, 0.29) is 42.8 Å². The fourth-order valence-electron chi connectivity index (χ4n) is 4.48. The number of benzene rings is 2. The van der Waals surface area contributed by atoms with Crippen LogP contribution in [0.5, 0.6) is 11.5 Å². The van der Waals surface area contributed by atoms with E-state index in [9.17, 15) is 19.2 Å². The monoisotopic (exact) mass is 567 g/mol. The lowest BCUT2D eigenvalue weighted by molar-refractivity contribution is -0.137. The van der Waals surface area contributed by atoms with Crippen molar-refractivity contribution >= 4 is 23.5 Å². The van der Waals surface area contributed by atoms with Gasteiger partial charge in [-0.15, -0.1) is 0 Å². The van der Waals surface area contributed by atoms with Crippen molar-refractivity contribution in [3.05, 3.63) is 59.7 Å². The zero-order valence-corrected chi connectivity index (χ0v) is 24.6. The van der Waals surface area contributed by atoms with Crippen molar-refractivity contribution in [1.82, 2.24) is 16.0 Å². The molecule has 3 amide bonds. The molecule has 0 bridgehead atoms. The number of amides is 3. The molecule has 222 valence electrons. The van der Waals surface area contributed by atoms with E-state index < -0.39 is 29.8 Å². The molecule has 0 saturated carbocycles. The van der Waals surface area contributed by atoms with Gasteiger partial charge in [0.15, 0.2) is 23.5 Å². The predicted molar refractivity (Wildman–Crippen MR) is 153 cm³/mol. The molecule has 1 aliphatic heterocycles. The minimum absolute atomic E-state index is 0.0728. The summed E-state index contributed by atoms with van der Waals surface area (Å²) in [6.45, 7) is 6.97. The third-order valence-electron chi connectivity index (χ3n) is 7.12. The first-order chi connectivity index (χ1) is 19.5. The molecule has 1 aliphatic rings. The lowest BCUT2D eigenvalue weighted by Gasteiger charge is -2.25. The van der Waals surface area contributed by atoms with Crippen LogP contribution in [-0.2, 0) is 30.3 Å². The normalized spacial score (nSPS) is 18.0. The number of methoxy groups -OCH3 is 2. The number of Topliss-reactive ketones (excluding diaryl/α,β-unsaturated/α-hetero) is 1. The van der Waals surface area contributed by atoms with Gasteiger partial charge in [0.25, 0.3) is 0 Å². The molecule has 2 aromatic carbocycles. The van der Waals surface area contributed by atoms with E-state index in [0.717, 1.165) is 11.1 Å². The molecule has 3 unspecified atom stereocenters. The smallest absolute Gasteiger partial charge is 0.232 e. The topological polar surface area (TPSA) is 135 Å². The van der Waals surface area contributed by atoms with Crippen LogP contribution in [-0.4, -0.2) is 56.1 Å². The molecule has 0 radical (unpaired) electrons. The summed E-state index contributed by atoms with van der Waals surface area (Å²) >= 11 is 0. The molecule has 5 atom stereocenters. The van der Waals surface area contributed by atoms with Crippen molar-refractivity contribution in [3.8, 4) is 11.5 Å². The first kappa shape index (κ1) is 31.6. The minimum Gasteiger partial charge on any atom is -0.493 e. The van der Waals surface area contributed by atoms with E-state index in [4.69, 9.17) is 14.2 Å². The average molecular weight is 568 g/mol. The van der Waals surface area contributed by atoms with E-state index in [0.29, 0.717) is 17.9 Å². The fraction of sp³-hybridized carbons (Fsp3) is 0.484. The van der Waals surface area contributed by atoms with Gasteiger partial charge in [-0.25, -0.2) is 0 Å². The molecular weight excluding hydrogens is 526 g/mol. The molecular formula is C31H41N3O7. The lowest BCUT2D eigenvalue weighted by atomic mass is 9.91. The molecule has 41 heavy (non-hydrogen) atoms. The molecule has 10 heteroatoms. The summed E-state index contributed by atoms with van der Waals surface area (Å²) in [6.07, 6.45) is 0.131. The summed E-state index contributed by atoms with van der Waals surface area (Å²) in [5.41, 5.74) is 1.67. The first-order valence-corrected chi connectivity index (χ1v) is 13.9. The van der Waals surface area contributed by atoms with E-state index >= 15 is 0 Å². The van der Waals surface area contributed by atoms with Crippen LogP contribution in [0.4, 0.5) is 0 Å². The highest BCUT2D eigenvalue weighted by molar-refractivity contribution is 6.04. The van der Waals surface area contributed by atoms with E-state index in [1.165, 1.54) is 6.92 Å². The highest BCUT2D eigenvalue weighted by Crippen LogP contribution is 2.28. The number of ether oxygens (including phenoxy) is 3. The fourth-order valence-corrected chi connectivity index (χ4v) is 4.48. The van der Waals surface area contributed by atoms with Gasteiger partial charge in [0.1, 0.15) is 6.10 Å². The Morgan fingerprint density at radius 2 is 1.56 bits per heavy atom. The molecule has 1 fully saturated rings. The summed E-state index contributed by atoms with van der Waals surface area (Å²) in [7, 11) is 3.12. The zero-order valence-electron chi connectivity index (χ0n) is 24.6. The summed E-state index contributed by atoms with van der Waals surface area (Å²) in [5, 5.41) is 8.47. The molecule has 2 aromatic rings. The van der Waals surface area contributed by atoms with Gasteiger partial charge in [-0.3, -0.25) is 19.2 Å². The highest BCUT2D eigenvalue weighted by atomic mass is 16.6. The van der Waals surface area contributed by atoms with Crippen molar-refractivity contribution in [2.24, 2.45) is 11.8 Å². The van der Waals surface area contributed by atoms with Gasteiger partial charge in [-0.05, 0) is 49.4 Å². The van der Waals surface area contributed by atoms with Crippen molar-refractivity contribution < 1.29 is 33.4 Å². The molecule has 1 heterocycles. The summed E-state index contributed by atoms with van der Waals surface area (Å²) in [6, 6.07) is 13.2. The molecule has 3 rings (SSSR count). The van der Waals surface area contributed by atoms with Crippen LogP contribution in [0.1, 0.15) is 57.7 Å². The van der Waals surface area contributed by atoms with Gasteiger partial charge in [0.05, 0.1) is 38.6 Å². The lowest BCUT2D eigenvalue weighted by Crippen LogP contribution is -2.50. The molecule has 10 nitrogen and oxygen atoms in total. The molecule has 0 spiro atoms. The third kappa shape index (κ3) is 9.04. The van der Waals surface area contributed by atoms with Crippen LogP contribution in [0.2, 0.25) is 0 Å². The Hall–Kier alpha value is -3.92. The van der Waals surface area contributed by atoms with Gasteiger partial charge in [0, 0.05) is 6.42 Å². The number of ketones is 1. The number of nitrogens with one attached hydrogen (secondary N) is 3. The maximum atomic E-state index is 13.2. The average Bonchev–Trinajstić information content (AvgIpc) is 3.67. The quantitative estimate of drug-likeness (QED) is 0.222. The largest absolute Gasteiger partial charge is 0.493 e. The summed E-state index contributed by atoms with van der Waals surface area (Å²) in [4.78, 5) is 51.9. The van der Waals surface area contributed by atoms with Crippen LogP contribution in [0.3, 0.4) is 0 Å². The Bertz CT molecular complexity index is 1220. The van der Waals surface area contributed by atoms with Crippen molar-refractivity contribution in [3.63, 3.8) is 0 Å². The number of rotatable bonds is 15. The molecule has 0 aliphatic carbocycles. The Labute approximate surface area is 241 Å². The van der Waals surface area contributed by atoms with Crippen LogP contribution < -0.4 is 25.4 Å². The van der Waals surface area contributed by atoms with Crippen molar-refractivity contribution in [2.75, 3.05) is 14.2 Å². The standard InChI is InChI=1S/C31H41N3O7/c1-18(2)28(29(37)19(3)30(38)34-31-20(4)41-31)33-27(36)17-23(22-10-8-7-9-11-22)32-26(35)15-13-21-12-14-24(39-5)25(16-21)40-6/h7-12,14,16,18-20,23,28,31H,13,15,17H2,1-6H3,(H,32,35)(H,33,36)(H,34,38)/t19?,20?,23-,28-,31?/m0/s1. The number of carbonyl (C=O) groups excluding carboxylic acids is 4. The van der Waals surface area contributed by atoms with Gasteiger partial charge in [0.2, 0.25) is 17.7 Å². The summed E-state index contributed by atoms with van der Waals surface area (Å²) in [5.74, 6) is -1.46. The number of epoxide rings is 1. The Kier molecular flexibility index (Phi) is 11.3. The number of hydrogen-bond acceptors (Lipinski definition) is 7. The second kappa shape index (κ2) is 14.6. The second-order valence-corrected chi connectivity index (χ2v) is 10.6. The SMILES string of the molecule is COc1ccc(CCC(=O)N[C@@H](CC(=O)N[C@H](C(=O)C(C)C(=O)NC2OC2C)C(C)C)c2ccccc2)cc1OC. The first-order valence-electron chi connectivity index (χ1n) is 13.9. The van der Waals surface area contributed by atoms with Gasteiger partial charge in [-0.1, -0.05) is 50.2 Å². The minimum atomic E-state index is -0.958. The van der Waals surface area contributed by atoms with Gasteiger partial charge < -0.3 is 30.2 Å². The van der Waals surface area contributed by atoms with Crippen molar-refractivity contribution in [1.29, 1.82) is 0 Å². The second-order valence-electron chi connectivity index (χ2n) is 10.6. The van der Waals surface area contributed by atoms with E-state index in [1.54, 1.807) is 20.3 Å². The van der Waals surface area contributed by atoms with Gasteiger partial charge >= 0.3 is 0 Å². The highest BCUT2D eigenvalue weighted by Gasteiger charge is 2.39. The zero-order chi connectivity index (χ0) is 30.1. The summed E-state index contributed by atoms with van der Waals surface area (Å²) < 4.78 is 15.8. The maximum Gasteiger partial charge on any atom is 0.232 e. The Morgan fingerprint density at radius 3 is 2.15 bits per heavy atom. The van der Waals surface area contributed by atoms with Crippen LogP contribution in [0.15, 0.2) is 48.5 Å². The molecule has 1 saturated heterocycles. The van der Waals surface area contributed by atoms with Gasteiger partial charge in [-0.2, -0.15) is 0 Å². The number of carbonyl (C=O) groups is 4. The maximum absolute atomic E-state index is 13.2. The molecule has 3 N–H and O–H groups in total. The Balaban J connectivity index is 1.64. The third-order valence-corrected chi connectivity index (χ3v) is 7.12. The van der Waals surface area contributed by atoms with Crippen molar-refractivity contribution in [2.45, 2.75) is 71.4 Å². The molecule has 0 aromatic heterocycles. The van der Waals surface area contributed by atoms with Crippen LogP contribution in [0, 0.1) is 11.8 Å². The Morgan fingerprint density at radius 1 is 0.902 bits per heavy atom.